The van der Waals surface area contributed by atoms with Crippen LogP contribution in [0.2, 0.25) is 0 Å². The van der Waals surface area contributed by atoms with Crippen LogP contribution in [-0.4, -0.2) is 42.3 Å². The Kier molecular flexibility index (Phi) is 5.66. The number of carbonyl (C=O) groups is 1. The molecule has 1 fully saturated rings. The molecule has 0 spiro atoms. The number of methoxy groups -OCH3 is 1. The van der Waals surface area contributed by atoms with Crippen molar-refractivity contribution in [3.8, 4) is 11.1 Å². The molecule has 4 nitrogen and oxygen atoms in total. The van der Waals surface area contributed by atoms with Crippen LogP contribution in [0.4, 0.5) is 0 Å². The summed E-state index contributed by atoms with van der Waals surface area (Å²) in [7, 11) is 1.32. The monoisotopic (exact) mass is 345 g/mol. The Bertz CT molecular complexity index is 662. The number of hydrogen-bond acceptors (Lipinski definition) is 5. The second-order valence-electron chi connectivity index (χ2n) is 6.25. The Morgan fingerprint density at radius 1 is 1.29 bits per heavy atom. The van der Waals surface area contributed by atoms with E-state index in [-0.39, 0.29) is 5.92 Å². The van der Waals surface area contributed by atoms with Gasteiger partial charge in [0.25, 0.3) is 0 Å². The maximum atomic E-state index is 11.4. The number of esters is 1. The average molecular weight is 345 g/mol. The predicted molar refractivity (Wildman–Crippen MR) is 95.8 cm³/mol. The average Bonchev–Trinajstić information content (AvgIpc) is 3.10. The van der Waals surface area contributed by atoms with Crippen LogP contribution in [-0.2, 0) is 16.1 Å². The van der Waals surface area contributed by atoms with Crippen molar-refractivity contribution >= 4 is 17.3 Å². The number of nitrogens with zero attached hydrogens (tertiary/aromatic N) is 1. The molecule has 1 aliphatic rings. The molecule has 0 amide bonds. The molecule has 0 saturated carbocycles. The summed E-state index contributed by atoms with van der Waals surface area (Å²) < 4.78 is 4.63. The van der Waals surface area contributed by atoms with Gasteiger partial charge >= 0.3 is 5.97 Å². The number of rotatable bonds is 5. The number of hydrogen-bond donors (Lipinski definition) is 1. The van der Waals surface area contributed by atoms with E-state index >= 15 is 0 Å². The maximum absolute atomic E-state index is 11.4. The standard InChI is InChI=1S/C19H23NO3S/c1-23-19(22)18(21)15-7-9-20(10-8-15)12-17-11-16(13-24-17)14-5-3-2-4-6-14/h2-6,11,13,15,18,21H,7-10,12H2,1H3. The fourth-order valence-corrected chi connectivity index (χ4v) is 4.14. The Labute approximate surface area is 146 Å². The number of ether oxygens (including phenoxy) is 1. The summed E-state index contributed by atoms with van der Waals surface area (Å²) >= 11 is 1.79. The molecule has 0 aliphatic carbocycles. The first kappa shape index (κ1) is 17.1. The van der Waals surface area contributed by atoms with Gasteiger partial charge in [0.05, 0.1) is 7.11 Å². The van der Waals surface area contributed by atoms with Crippen LogP contribution in [0.1, 0.15) is 17.7 Å². The Morgan fingerprint density at radius 2 is 2.00 bits per heavy atom. The molecular formula is C19H23NO3S. The Morgan fingerprint density at radius 3 is 2.67 bits per heavy atom. The van der Waals surface area contributed by atoms with Crippen LogP contribution in [0.5, 0.6) is 0 Å². The van der Waals surface area contributed by atoms with Gasteiger partial charge in [0.1, 0.15) is 0 Å². The number of aliphatic hydroxyl groups is 1. The fourth-order valence-electron chi connectivity index (χ4n) is 3.21. The van der Waals surface area contributed by atoms with Crippen LogP contribution in [0.15, 0.2) is 41.8 Å². The first-order chi connectivity index (χ1) is 11.7. The first-order valence-corrected chi connectivity index (χ1v) is 9.16. The second kappa shape index (κ2) is 7.92. The van der Waals surface area contributed by atoms with Crippen LogP contribution in [0.3, 0.4) is 0 Å². The topological polar surface area (TPSA) is 49.8 Å². The molecule has 24 heavy (non-hydrogen) atoms. The summed E-state index contributed by atoms with van der Waals surface area (Å²) in [4.78, 5) is 15.2. The molecule has 1 aliphatic heterocycles. The van der Waals surface area contributed by atoms with Gasteiger partial charge in [0.2, 0.25) is 0 Å². The van der Waals surface area contributed by atoms with E-state index in [0.717, 1.165) is 32.5 Å². The third kappa shape index (κ3) is 4.04. The molecule has 1 unspecified atom stereocenters. The van der Waals surface area contributed by atoms with E-state index in [0.29, 0.717) is 0 Å². The predicted octanol–water partition coefficient (Wildman–Crippen LogP) is 3.16. The third-order valence-electron chi connectivity index (χ3n) is 4.66. The zero-order valence-corrected chi connectivity index (χ0v) is 14.7. The van der Waals surface area contributed by atoms with E-state index in [1.54, 1.807) is 11.3 Å². The third-order valence-corrected chi connectivity index (χ3v) is 5.58. The molecule has 1 atom stereocenters. The Hall–Kier alpha value is -1.69. The van der Waals surface area contributed by atoms with Crippen molar-refractivity contribution in [3.63, 3.8) is 0 Å². The van der Waals surface area contributed by atoms with Crippen molar-refractivity contribution in [2.24, 2.45) is 5.92 Å². The zero-order chi connectivity index (χ0) is 16.9. The van der Waals surface area contributed by atoms with Gasteiger partial charge in [-0.25, -0.2) is 4.79 Å². The molecule has 5 heteroatoms. The van der Waals surface area contributed by atoms with E-state index in [1.807, 2.05) is 6.07 Å². The molecule has 2 aromatic rings. The van der Waals surface area contributed by atoms with Gasteiger partial charge in [-0.05, 0) is 54.4 Å². The number of piperidine rings is 1. The highest BCUT2D eigenvalue weighted by Crippen LogP contribution is 2.28. The van der Waals surface area contributed by atoms with Gasteiger partial charge in [-0.15, -0.1) is 11.3 Å². The van der Waals surface area contributed by atoms with Crippen LogP contribution >= 0.6 is 11.3 Å². The summed E-state index contributed by atoms with van der Waals surface area (Å²) in [6.45, 7) is 2.73. The van der Waals surface area contributed by atoms with Gasteiger partial charge in [0.15, 0.2) is 6.10 Å². The molecule has 1 aromatic carbocycles. The van der Waals surface area contributed by atoms with E-state index < -0.39 is 12.1 Å². The quantitative estimate of drug-likeness (QED) is 0.846. The Balaban J connectivity index is 1.54. The normalized spacial score (nSPS) is 17.6. The van der Waals surface area contributed by atoms with Crippen LogP contribution < -0.4 is 0 Å². The highest BCUT2D eigenvalue weighted by Gasteiger charge is 2.30. The second-order valence-corrected chi connectivity index (χ2v) is 7.25. The minimum Gasteiger partial charge on any atom is -0.467 e. The number of benzene rings is 1. The highest BCUT2D eigenvalue weighted by molar-refractivity contribution is 7.10. The zero-order valence-electron chi connectivity index (χ0n) is 13.9. The van der Waals surface area contributed by atoms with Crippen LogP contribution in [0.25, 0.3) is 11.1 Å². The first-order valence-electron chi connectivity index (χ1n) is 8.28. The van der Waals surface area contributed by atoms with E-state index in [4.69, 9.17) is 0 Å². The fraction of sp³-hybridized carbons (Fsp3) is 0.421. The lowest BCUT2D eigenvalue weighted by atomic mass is 9.91. The van der Waals surface area contributed by atoms with Crippen molar-refractivity contribution in [2.75, 3.05) is 20.2 Å². The summed E-state index contributed by atoms with van der Waals surface area (Å²) in [6, 6.07) is 12.7. The van der Waals surface area contributed by atoms with Gasteiger partial charge < -0.3 is 9.84 Å². The lowest BCUT2D eigenvalue weighted by molar-refractivity contribution is -0.154. The van der Waals surface area contributed by atoms with Gasteiger partial charge in [0, 0.05) is 11.4 Å². The SMILES string of the molecule is COC(=O)C(O)C1CCN(Cc2cc(-c3ccccc3)cs2)CC1. The summed E-state index contributed by atoms with van der Waals surface area (Å²) in [5, 5.41) is 12.2. The summed E-state index contributed by atoms with van der Waals surface area (Å²) in [5.74, 6) is -0.504. The number of likely N-dealkylation sites (tertiary alicyclic amines) is 1. The molecule has 3 rings (SSSR count). The van der Waals surface area contributed by atoms with Crippen molar-refractivity contribution in [1.29, 1.82) is 0 Å². The molecule has 0 radical (unpaired) electrons. The molecule has 1 aromatic heterocycles. The summed E-state index contributed by atoms with van der Waals surface area (Å²) in [5.41, 5.74) is 2.52. The molecule has 2 heterocycles. The number of thiophene rings is 1. The molecule has 1 N–H and O–H groups in total. The molecule has 0 bridgehead atoms. The maximum Gasteiger partial charge on any atom is 0.334 e. The lowest BCUT2D eigenvalue weighted by Crippen LogP contribution is -2.40. The van der Waals surface area contributed by atoms with Crippen LogP contribution in [0, 0.1) is 5.92 Å². The largest absolute Gasteiger partial charge is 0.467 e. The smallest absolute Gasteiger partial charge is 0.334 e. The van der Waals surface area contributed by atoms with E-state index in [1.165, 1.54) is 23.1 Å². The molecular weight excluding hydrogens is 322 g/mol. The van der Waals surface area contributed by atoms with Crippen molar-refractivity contribution in [1.82, 2.24) is 4.90 Å². The van der Waals surface area contributed by atoms with Gasteiger partial charge in [-0.3, -0.25) is 4.90 Å². The van der Waals surface area contributed by atoms with E-state index in [2.05, 4.69) is 45.3 Å². The number of carbonyl (C=O) groups excluding carboxylic acids is 1. The van der Waals surface area contributed by atoms with Gasteiger partial charge in [-0.2, -0.15) is 0 Å². The minimum absolute atomic E-state index is 0.0110. The van der Waals surface area contributed by atoms with Gasteiger partial charge in [-0.1, -0.05) is 30.3 Å². The lowest BCUT2D eigenvalue weighted by Gasteiger charge is -2.33. The minimum atomic E-state index is -0.983. The number of aliphatic hydroxyl groups excluding tert-OH is 1. The highest BCUT2D eigenvalue weighted by atomic mass is 32.1. The van der Waals surface area contributed by atoms with Crippen molar-refractivity contribution < 1.29 is 14.6 Å². The van der Waals surface area contributed by atoms with Crippen molar-refractivity contribution in [2.45, 2.75) is 25.5 Å². The van der Waals surface area contributed by atoms with Crippen molar-refractivity contribution in [3.05, 3.63) is 46.7 Å². The molecule has 1 saturated heterocycles. The van der Waals surface area contributed by atoms with E-state index in [9.17, 15) is 9.90 Å². The molecule has 128 valence electrons. The summed E-state index contributed by atoms with van der Waals surface area (Å²) in [6.07, 6.45) is 0.670.